The van der Waals surface area contributed by atoms with Gasteiger partial charge in [-0.2, -0.15) is 15.6 Å². The summed E-state index contributed by atoms with van der Waals surface area (Å²) in [6.07, 6.45) is 7.82. The highest BCUT2D eigenvalue weighted by Crippen LogP contribution is 2.30. The van der Waals surface area contributed by atoms with Crippen LogP contribution in [0.3, 0.4) is 0 Å². The first-order chi connectivity index (χ1) is 25.1. The Morgan fingerprint density at radius 3 is 1.81 bits per heavy atom. The summed E-state index contributed by atoms with van der Waals surface area (Å²) >= 11 is 0. The second kappa shape index (κ2) is 14.0. The van der Waals surface area contributed by atoms with Crippen LogP contribution in [0.4, 0.5) is 0 Å². The average Bonchev–Trinajstić information content (AvgIpc) is 3.99. The number of nitrogens with one attached hydrogen (secondary N) is 4. The van der Waals surface area contributed by atoms with Crippen molar-refractivity contribution in [3.8, 4) is 34.6 Å². The van der Waals surface area contributed by atoms with Gasteiger partial charge in [-0.25, -0.2) is 0 Å². The van der Waals surface area contributed by atoms with Gasteiger partial charge in [-0.3, -0.25) is 14.3 Å². The van der Waals surface area contributed by atoms with E-state index in [0.717, 1.165) is 74.0 Å². The molecule has 6 heterocycles. The first-order valence-electron chi connectivity index (χ1n) is 17.2. The standard InChI is InChI=1S/C19H20N6O.C19H19N5O2/c1-12-16(10-24(2)23-12)13-3-4-14-8-18(22-17(14)7-13)19(26)21-15-5-6-25(9-15)11-20;1-11-18(12(2)26-23-11)14-4-3-13-7-17(22-16(13)8-14)19(25)21-15-5-6-24(9-15)10-20/h3-4,7-8,10,15,22H,5-6,9H2,1-2H3,(H,21,26);3-4,7-8,15,22H,5-6,9H2,1-2H3,(H,21,25)/t2*15-/m11/s1. The van der Waals surface area contributed by atoms with Crippen molar-refractivity contribution in [1.29, 1.82) is 10.5 Å². The number of carbonyl (C=O) groups excluding carboxylic acids is 2. The fourth-order valence-electron chi connectivity index (χ4n) is 7.06. The molecule has 0 saturated carbocycles. The average molecular weight is 698 g/mol. The number of nitriles is 2. The molecule has 4 N–H and O–H groups in total. The SMILES string of the molecule is Cc1nn(C)cc1-c1ccc2cc(C(=O)N[C@@H]3CCN(C#N)C3)[nH]c2c1.Cc1noc(C)c1-c1ccc2cc(C(=O)N[C@@H]3CCN(C#N)C3)[nH]c2c1. The number of benzene rings is 2. The topological polar surface area (TPSA) is 188 Å². The normalized spacial score (nSPS) is 16.8. The third-order valence-corrected chi connectivity index (χ3v) is 9.71. The number of hydrogen-bond donors (Lipinski definition) is 4. The molecule has 14 heteroatoms. The minimum atomic E-state index is -0.148. The van der Waals surface area contributed by atoms with Crippen molar-refractivity contribution >= 4 is 33.6 Å². The molecule has 14 nitrogen and oxygen atoms in total. The van der Waals surface area contributed by atoms with E-state index in [-0.39, 0.29) is 23.9 Å². The Kier molecular flexibility index (Phi) is 9.13. The van der Waals surface area contributed by atoms with Gasteiger partial charge in [0, 0.05) is 84.4 Å². The molecule has 2 amide bonds. The van der Waals surface area contributed by atoms with Gasteiger partial charge in [0.15, 0.2) is 12.4 Å². The van der Waals surface area contributed by atoms with Crippen molar-refractivity contribution in [2.75, 3.05) is 26.2 Å². The van der Waals surface area contributed by atoms with E-state index in [1.165, 1.54) is 0 Å². The zero-order valence-corrected chi connectivity index (χ0v) is 29.4. The molecule has 2 atom stereocenters. The van der Waals surface area contributed by atoms with Gasteiger partial charge < -0.3 is 34.9 Å². The number of hydrogen-bond acceptors (Lipinski definition) is 9. The molecule has 0 unspecified atom stereocenters. The number of H-pyrrole nitrogens is 2. The fraction of sp³-hybridized carbons (Fsp3) is 0.316. The van der Waals surface area contributed by atoms with Crippen LogP contribution < -0.4 is 10.6 Å². The number of nitrogens with zero attached hydrogens (tertiary/aromatic N) is 7. The third kappa shape index (κ3) is 6.91. The van der Waals surface area contributed by atoms with E-state index in [0.29, 0.717) is 37.6 Å². The van der Waals surface area contributed by atoms with Crippen LogP contribution in [-0.2, 0) is 7.05 Å². The number of likely N-dealkylation sites (tertiary alicyclic amines) is 2. The minimum absolute atomic E-state index is 0.00595. The van der Waals surface area contributed by atoms with Crippen LogP contribution in [0.2, 0.25) is 0 Å². The van der Waals surface area contributed by atoms with Gasteiger partial charge in [0.05, 0.1) is 11.4 Å². The van der Waals surface area contributed by atoms with E-state index in [9.17, 15) is 9.59 Å². The molecule has 0 spiro atoms. The number of aromatic amines is 2. The first-order valence-corrected chi connectivity index (χ1v) is 17.2. The second-order valence-corrected chi connectivity index (χ2v) is 13.5. The first kappa shape index (κ1) is 33.9. The van der Waals surface area contributed by atoms with E-state index in [1.54, 1.807) is 14.5 Å². The lowest BCUT2D eigenvalue weighted by Crippen LogP contribution is -2.36. The molecule has 2 aromatic carbocycles. The van der Waals surface area contributed by atoms with Crippen LogP contribution in [0.1, 0.15) is 51.0 Å². The predicted molar refractivity (Wildman–Crippen MR) is 195 cm³/mol. The van der Waals surface area contributed by atoms with Crippen LogP contribution in [0.25, 0.3) is 44.1 Å². The summed E-state index contributed by atoms with van der Waals surface area (Å²) < 4.78 is 7.05. The zero-order valence-electron chi connectivity index (χ0n) is 29.4. The summed E-state index contributed by atoms with van der Waals surface area (Å²) in [5.41, 5.74) is 8.81. The monoisotopic (exact) mass is 697 g/mol. The minimum Gasteiger partial charge on any atom is -0.361 e. The fourth-order valence-corrected chi connectivity index (χ4v) is 7.06. The maximum atomic E-state index is 12.5. The molecule has 2 saturated heterocycles. The van der Waals surface area contributed by atoms with Gasteiger partial charge in [-0.05, 0) is 69.0 Å². The van der Waals surface area contributed by atoms with Crippen LogP contribution in [-0.4, -0.2) is 84.8 Å². The molecule has 0 aliphatic carbocycles. The summed E-state index contributed by atoms with van der Waals surface area (Å²) in [6, 6.07) is 15.8. The number of carbonyl (C=O) groups is 2. The predicted octanol–water partition coefficient (Wildman–Crippen LogP) is 4.89. The largest absolute Gasteiger partial charge is 0.361 e. The van der Waals surface area contributed by atoms with Gasteiger partial charge >= 0.3 is 0 Å². The van der Waals surface area contributed by atoms with Gasteiger partial charge in [0.2, 0.25) is 0 Å². The van der Waals surface area contributed by atoms with Crippen molar-refractivity contribution in [3.05, 3.63) is 83.3 Å². The lowest BCUT2D eigenvalue weighted by atomic mass is 10.0. The maximum Gasteiger partial charge on any atom is 0.268 e. The highest BCUT2D eigenvalue weighted by atomic mass is 16.5. The molecule has 2 fully saturated rings. The summed E-state index contributed by atoms with van der Waals surface area (Å²) in [5, 5.41) is 34.2. The van der Waals surface area contributed by atoms with Crippen LogP contribution in [0.15, 0.2) is 59.3 Å². The van der Waals surface area contributed by atoms with Crippen LogP contribution in [0.5, 0.6) is 0 Å². The Morgan fingerprint density at radius 1 is 0.808 bits per heavy atom. The summed E-state index contributed by atoms with van der Waals surface area (Å²) in [4.78, 5) is 34.8. The lowest BCUT2D eigenvalue weighted by Gasteiger charge is -2.11. The maximum absolute atomic E-state index is 12.5. The number of rotatable bonds is 6. The molecule has 2 aliphatic heterocycles. The summed E-state index contributed by atoms with van der Waals surface area (Å²) in [5.74, 6) is 0.490. The molecule has 6 aromatic rings. The summed E-state index contributed by atoms with van der Waals surface area (Å²) in [6.45, 7) is 8.32. The van der Waals surface area contributed by atoms with Gasteiger partial charge in [0.1, 0.15) is 17.1 Å². The number of amides is 2. The molecule has 8 rings (SSSR count). The molecule has 52 heavy (non-hydrogen) atoms. The van der Waals surface area contributed by atoms with Crippen molar-refractivity contribution in [3.63, 3.8) is 0 Å². The van der Waals surface area contributed by atoms with Crippen molar-refractivity contribution < 1.29 is 14.1 Å². The van der Waals surface area contributed by atoms with Gasteiger partial charge in [-0.15, -0.1) is 0 Å². The Morgan fingerprint density at radius 2 is 1.35 bits per heavy atom. The second-order valence-electron chi connectivity index (χ2n) is 13.5. The molecule has 0 radical (unpaired) electrons. The molecule has 4 aromatic heterocycles. The number of fused-ring (bicyclic) bond motifs is 2. The van der Waals surface area contributed by atoms with Crippen molar-refractivity contribution in [1.82, 2.24) is 45.3 Å². The Hall–Kier alpha value is -6.54. The Balaban J connectivity index is 0.000000162. The van der Waals surface area contributed by atoms with Crippen molar-refractivity contribution in [2.24, 2.45) is 7.05 Å². The highest BCUT2D eigenvalue weighted by Gasteiger charge is 2.25. The van der Waals surface area contributed by atoms with Gasteiger partial charge in [0.25, 0.3) is 11.8 Å². The number of aryl methyl sites for hydroxylation is 4. The molecule has 2 aliphatic rings. The van der Waals surface area contributed by atoms with Crippen LogP contribution in [0, 0.1) is 43.7 Å². The Labute approximate surface area is 300 Å². The third-order valence-electron chi connectivity index (χ3n) is 9.71. The van der Waals surface area contributed by atoms with E-state index in [4.69, 9.17) is 15.0 Å². The smallest absolute Gasteiger partial charge is 0.268 e. The summed E-state index contributed by atoms with van der Waals surface area (Å²) in [7, 11) is 1.91. The van der Waals surface area contributed by atoms with Crippen molar-refractivity contribution in [2.45, 2.75) is 45.7 Å². The lowest BCUT2D eigenvalue weighted by molar-refractivity contribution is 0.0926. The van der Waals surface area contributed by atoms with E-state index >= 15 is 0 Å². The van der Waals surface area contributed by atoms with Gasteiger partial charge in [-0.1, -0.05) is 29.4 Å². The van der Waals surface area contributed by atoms with E-state index in [1.807, 2.05) is 82.5 Å². The van der Waals surface area contributed by atoms with E-state index in [2.05, 4.69) is 43.2 Å². The van der Waals surface area contributed by atoms with E-state index < -0.39 is 0 Å². The van der Waals surface area contributed by atoms with Crippen LogP contribution >= 0.6 is 0 Å². The molecule has 0 bridgehead atoms. The quantitative estimate of drug-likeness (QED) is 0.176. The number of aromatic nitrogens is 5. The zero-order chi connectivity index (χ0) is 36.5. The Bertz CT molecular complexity index is 2360. The highest BCUT2D eigenvalue weighted by molar-refractivity contribution is 6.00. The molecular weight excluding hydrogens is 658 g/mol. The molecule has 264 valence electrons. The molecular formula is C38H39N11O3.